The Morgan fingerprint density at radius 2 is 1.65 bits per heavy atom. The lowest BCUT2D eigenvalue weighted by atomic mass is 10.3. The van der Waals surface area contributed by atoms with Crippen LogP contribution in [0.3, 0.4) is 0 Å². The number of aryl methyl sites for hydroxylation is 1. The minimum Gasteiger partial charge on any atom is -0.365 e. The van der Waals surface area contributed by atoms with Gasteiger partial charge in [0.05, 0.1) is 11.9 Å². The summed E-state index contributed by atoms with van der Waals surface area (Å²) in [5.74, 6) is 0.611. The van der Waals surface area contributed by atoms with Crippen molar-refractivity contribution in [1.82, 2.24) is 19.7 Å². The lowest BCUT2D eigenvalue weighted by molar-refractivity contribution is -0.143. The van der Waals surface area contributed by atoms with Crippen molar-refractivity contribution in [3.05, 3.63) is 39.5 Å². The Morgan fingerprint density at radius 1 is 1.08 bits per heavy atom. The summed E-state index contributed by atoms with van der Waals surface area (Å²) in [4.78, 5) is 24.4. The maximum absolute atomic E-state index is 12.5. The fourth-order valence-electron chi connectivity index (χ4n) is 2.66. The van der Waals surface area contributed by atoms with E-state index in [1.54, 1.807) is 12.4 Å². The van der Waals surface area contributed by atoms with Crippen LogP contribution in [0.2, 0.25) is 5.02 Å². The molecule has 0 unspecified atom stereocenters. The molecule has 1 fully saturated rings. The number of nitrogens with zero attached hydrogens (tertiary/aromatic N) is 6. The van der Waals surface area contributed by atoms with E-state index in [1.807, 2.05) is 16.7 Å². The van der Waals surface area contributed by atoms with Crippen molar-refractivity contribution in [2.24, 2.45) is 0 Å². The molecule has 3 heterocycles. The van der Waals surface area contributed by atoms with Crippen LogP contribution in [0.15, 0.2) is 23.4 Å². The molecule has 2 aromatic heterocycles. The molecule has 3 rings (SSSR count). The second kappa shape index (κ2) is 7.10. The first-order valence-electron chi connectivity index (χ1n) is 7.85. The molecule has 0 atom stereocenters. The van der Waals surface area contributed by atoms with Gasteiger partial charge in [-0.15, -0.1) is 0 Å². The standard InChI is InChI=1S/C15H16ClF3N6O/c1-10-6-20-14(21-7-10)24-4-2-23(3-5-24)11-8-22-25(9-15(17,18)19)13(26)12(11)16/h6-8H,2-5,9H2,1H3. The number of piperazine rings is 1. The Labute approximate surface area is 152 Å². The zero-order valence-electron chi connectivity index (χ0n) is 13.9. The van der Waals surface area contributed by atoms with E-state index in [9.17, 15) is 18.0 Å². The van der Waals surface area contributed by atoms with Crippen LogP contribution in [0.25, 0.3) is 0 Å². The number of rotatable bonds is 3. The van der Waals surface area contributed by atoms with Gasteiger partial charge in [0, 0.05) is 38.6 Å². The van der Waals surface area contributed by atoms with E-state index < -0.39 is 18.3 Å². The van der Waals surface area contributed by atoms with Gasteiger partial charge >= 0.3 is 6.18 Å². The van der Waals surface area contributed by atoms with Gasteiger partial charge in [-0.1, -0.05) is 11.6 Å². The minimum absolute atomic E-state index is 0.260. The maximum atomic E-state index is 12.5. The third-order valence-electron chi connectivity index (χ3n) is 3.97. The highest BCUT2D eigenvalue weighted by Crippen LogP contribution is 2.24. The summed E-state index contributed by atoms with van der Waals surface area (Å²) in [5, 5.41) is 3.35. The zero-order chi connectivity index (χ0) is 18.9. The minimum atomic E-state index is -4.54. The normalized spacial score (nSPS) is 15.4. The number of hydrogen-bond acceptors (Lipinski definition) is 6. The van der Waals surface area contributed by atoms with Gasteiger partial charge in [0.25, 0.3) is 5.56 Å². The largest absolute Gasteiger partial charge is 0.408 e. The predicted octanol–water partition coefficient (Wildman–Crippen LogP) is 1.88. The molecule has 0 radical (unpaired) electrons. The van der Waals surface area contributed by atoms with Gasteiger partial charge in [0.2, 0.25) is 5.95 Å². The number of alkyl halides is 3. The topological polar surface area (TPSA) is 67.2 Å². The molecule has 0 spiro atoms. The highest BCUT2D eigenvalue weighted by Gasteiger charge is 2.30. The van der Waals surface area contributed by atoms with Gasteiger partial charge in [-0.3, -0.25) is 4.79 Å². The molecule has 11 heteroatoms. The van der Waals surface area contributed by atoms with E-state index >= 15 is 0 Å². The van der Waals surface area contributed by atoms with E-state index in [1.165, 1.54) is 6.20 Å². The van der Waals surface area contributed by atoms with Crippen LogP contribution < -0.4 is 15.4 Å². The quantitative estimate of drug-likeness (QED) is 0.800. The van der Waals surface area contributed by atoms with Gasteiger partial charge in [0.1, 0.15) is 11.6 Å². The molecule has 1 saturated heterocycles. The van der Waals surface area contributed by atoms with E-state index in [0.29, 0.717) is 42.5 Å². The third kappa shape index (κ3) is 4.06. The molecular weight excluding hydrogens is 373 g/mol. The molecule has 0 bridgehead atoms. The Balaban J connectivity index is 1.72. The summed E-state index contributed by atoms with van der Waals surface area (Å²) in [5.41, 5.74) is 0.343. The van der Waals surface area contributed by atoms with Gasteiger partial charge in [0.15, 0.2) is 0 Å². The van der Waals surface area contributed by atoms with Crippen molar-refractivity contribution >= 4 is 23.2 Å². The van der Waals surface area contributed by atoms with Crippen LogP contribution in [0.4, 0.5) is 24.8 Å². The Bertz CT molecular complexity index is 831. The van der Waals surface area contributed by atoms with Crippen molar-refractivity contribution in [2.45, 2.75) is 19.6 Å². The Morgan fingerprint density at radius 3 is 2.23 bits per heavy atom. The SMILES string of the molecule is Cc1cnc(N2CCN(c3cnn(CC(F)(F)F)c(=O)c3Cl)CC2)nc1. The van der Waals surface area contributed by atoms with E-state index in [2.05, 4.69) is 15.1 Å². The molecule has 0 amide bonds. The van der Waals surface area contributed by atoms with Crippen LogP contribution in [0.1, 0.15) is 5.56 Å². The first-order valence-corrected chi connectivity index (χ1v) is 8.23. The van der Waals surface area contributed by atoms with Crippen LogP contribution in [0.5, 0.6) is 0 Å². The van der Waals surface area contributed by atoms with Gasteiger partial charge in [-0.25, -0.2) is 14.6 Å². The Hall–Kier alpha value is -2.36. The average molecular weight is 389 g/mol. The molecule has 140 valence electrons. The van der Waals surface area contributed by atoms with Gasteiger partial charge in [-0.2, -0.15) is 18.3 Å². The number of hydrogen-bond donors (Lipinski definition) is 0. The summed E-state index contributed by atoms with van der Waals surface area (Å²) >= 11 is 6.01. The fraction of sp³-hybridized carbons (Fsp3) is 0.467. The molecule has 0 saturated carbocycles. The van der Waals surface area contributed by atoms with Crippen molar-refractivity contribution in [3.8, 4) is 0 Å². The second-order valence-corrected chi connectivity index (χ2v) is 6.33. The molecule has 0 aliphatic carbocycles. The van der Waals surface area contributed by atoms with Crippen LogP contribution in [-0.4, -0.2) is 52.1 Å². The average Bonchev–Trinajstić information content (AvgIpc) is 2.59. The number of halogens is 4. The van der Waals surface area contributed by atoms with Gasteiger partial charge < -0.3 is 9.80 Å². The maximum Gasteiger partial charge on any atom is 0.408 e. The summed E-state index contributed by atoms with van der Waals surface area (Å²) in [7, 11) is 0. The lowest BCUT2D eigenvalue weighted by Crippen LogP contribution is -2.47. The first-order chi connectivity index (χ1) is 12.2. The van der Waals surface area contributed by atoms with Crippen LogP contribution in [-0.2, 0) is 6.54 Å². The molecule has 26 heavy (non-hydrogen) atoms. The second-order valence-electron chi connectivity index (χ2n) is 5.96. The van der Waals surface area contributed by atoms with E-state index in [0.717, 1.165) is 5.56 Å². The van der Waals surface area contributed by atoms with E-state index in [4.69, 9.17) is 11.6 Å². The van der Waals surface area contributed by atoms with E-state index in [-0.39, 0.29) is 5.02 Å². The highest BCUT2D eigenvalue weighted by molar-refractivity contribution is 6.33. The molecule has 0 aromatic carbocycles. The third-order valence-corrected chi connectivity index (χ3v) is 4.32. The number of anilines is 2. The summed E-state index contributed by atoms with van der Waals surface area (Å²) in [6.07, 6.45) is 0.125. The van der Waals surface area contributed by atoms with Crippen LogP contribution >= 0.6 is 11.6 Å². The Kier molecular flexibility index (Phi) is 5.03. The van der Waals surface area contributed by atoms with Crippen molar-refractivity contribution in [2.75, 3.05) is 36.0 Å². The summed E-state index contributed by atoms with van der Waals surface area (Å²) in [6.45, 7) is 2.64. The van der Waals surface area contributed by atoms with Crippen molar-refractivity contribution < 1.29 is 13.2 Å². The van der Waals surface area contributed by atoms with Crippen LogP contribution in [0, 0.1) is 6.92 Å². The molecular formula is C15H16ClF3N6O. The molecule has 1 aliphatic rings. The monoisotopic (exact) mass is 388 g/mol. The van der Waals surface area contributed by atoms with Crippen molar-refractivity contribution in [1.29, 1.82) is 0 Å². The van der Waals surface area contributed by atoms with Crippen molar-refractivity contribution in [3.63, 3.8) is 0 Å². The zero-order valence-corrected chi connectivity index (χ0v) is 14.6. The first kappa shape index (κ1) is 18.4. The fourth-order valence-corrected chi connectivity index (χ4v) is 2.92. The smallest absolute Gasteiger partial charge is 0.365 e. The highest BCUT2D eigenvalue weighted by atomic mass is 35.5. The summed E-state index contributed by atoms with van der Waals surface area (Å²) in [6, 6.07) is 0. The lowest BCUT2D eigenvalue weighted by Gasteiger charge is -2.36. The molecule has 0 N–H and O–H groups in total. The van der Waals surface area contributed by atoms with Gasteiger partial charge in [-0.05, 0) is 12.5 Å². The number of aromatic nitrogens is 4. The molecule has 2 aromatic rings. The molecule has 1 aliphatic heterocycles. The molecule has 7 nitrogen and oxygen atoms in total. The summed E-state index contributed by atoms with van der Waals surface area (Å²) < 4.78 is 37.7. The predicted molar refractivity (Wildman–Crippen MR) is 90.8 cm³/mol.